The molecule has 1 aliphatic rings. The molecule has 0 unspecified atom stereocenters. The van der Waals surface area contributed by atoms with Crippen molar-refractivity contribution in [1.29, 1.82) is 0 Å². The van der Waals surface area contributed by atoms with Gasteiger partial charge in [-0.3, -0.25) is 14.3 Å². The third-order valence-electron chi connectivity index (χ3n) is 5.58. The molecule has 1 fully saturated rings. The molecule has 5 rings (SSSR count). The zero-order valence-corrected chi connectivity index (χ0v) is 16.2. The fraction of sp³-hybridized carbons (Fsp3) is 0.286. The number of rotatable bonds is 3. The highest BCUT2D eigenvalue weighted by Crippen LogP contribution is 2.34. The van der Waals surface area contributed by atoms with Gasteiger partial charge in [-0.1, -0.05) is 25.0 Å². The van der Waals surface area contributed by atoms with Gasteiger partial charge in [0.15, 0.2) is 0 Å². The number of methoxy groups -OCH3 is 1. The molecule has 1 aromatic carbocycles. The first-order valence-electron chi connectivity index (χ1n) is 9.36. The van der Waals surface area contributed by atoms with E-state index in [1.807, 2.05) is 33.5 Å². The zero-order chi connectivity index (χ0) is 19.3. The van der Waals surface area contributed by atoms with Crippen molar-refractivity contribution in [3.05, 3.63) is 62.1 Å². The zero-order valence-electron chi connectivity index (χ0n) is 15.4. The number of hydrogen-bond donors (Lipinski definition) is 0. The van der Waals surface area contributed by atoms with E-state index in [1.54, 1.807) is 19.4 Å². The number of thiophene rings is 1. The van der Waals surface area contributed by atoms with Crippen LogP contribution in [-0.2, 0) is 0 Å². The molecule has 0 N–H and O–H groups in total. The van der Waals surface area contributed by atoms with E-state index < -0.39 is 0 Å². The lowest BCUT2D eigenvalue weighted by Crippen LogP contribution is -2.40. The summed E-state index contributed by atoms with van der Waals surface area (Å²) >= 11 is 1.46. The highest BCUT2D eigenvalue weighted by Gasteiger charge is 2.25. The van der Waals surface area contributed by atoms with Crippen LogP contribution in [0.5, 0.6) is 5.75 Å². The summed E-state index contributed by atoms with van der Waals surface area (Å²) in [6.45, 7) is 0. The Morgan fingerprint density at radius 2 is 1.96 bits per heavy atom. The van der Waals surface area contributed by atoms with Crippen molar-refractivity contribution in [2.24, 2.45) is 0 Å². The molecule has 0 bridgehead atoms. The third kappa shape index (κ3) is 2.43. The Labute approximate surface area is 164 Å². The SMILES string of the molecule is COc1cccc2c1ncc1c(=O)n(-c3ccsc3)c(=O)n(C3CCCC3)c12. The molecule has 7 heteroatoms. The number of pyridine rings is 1. The molecule has 0 aliphatic heterocycles. The Balaban J connectivity index is 2.00. The molecule has 0 saturated heterocycles. The van der Waals surface area contributed by atoms with Gasteiger partial charge in [-0.05, 0) is 30.4 Å². The largest absolute Gasteiger partial charge is 0.494 e. The molecular formula is C21H19N3O3S. The maximum Gasteiger partial charge on any atom is 0.336 e. The maximum atomic E-state index is 13.6. The number of benzene rings is 1. The van der Waals surface area contributed by atoms with Gasteiger partial charge in [0.1, 0.15) is 11.3 Å². The average Bonchev–Trinajstić information content (AvgIpc) is 3.42. The van der Waals surface area contributed by atoms with Crippen molar-refractivity contribution in [3.8, 4) is 11.4 Å². The van der Waals surface area contributed by atoms with Crippen LogP contribution in [0.2, 0.25) is 0 Å². The van der Waals surface area contributed by atoms with Crippen LogP contribution in [-0.4, -0.2) is 21.2 Å². The summed E-state index contributed by atoms with van der Waals surface area (Å²) in [6.07, 6.45) is 5.62. The van der Waals surface area contributed by atoms with Crippen molar-refractivity contribution in [3.63, 3.8) is 0 Å². The number of aromatic nitrogens is 3. The van der Waals surface area contributed by atoms with E-state index in [1.165, 1.54) is 15.9 Å². The highest BCUT2D eigenvalue weighted by molar-refractivity contribution is 7.08. The van der Waals surface area contributed by atoms with Crippen LogP contribution in [0.1, 0.15) is 31.7 Å². The van der Waals surface area contributed by atoms with E-state index in [-0.39, 0.29) is 17.3 Å². The molecular weight excluding hydrogens is 374 g/mol. The fourth-order valence-corrected chi connectivity index (χ4v) is 4.91. The van der Waals surface area contributed by atoms with Crippen molar-refractivity contribution in [1.82, 2.24) is 14.1 Å². The molecule has 1 aliphatic carbocycles. The van der Waals surface area contributed by atoms with Crippen LogP contribution in [0, 0.1) is 0 Å². The lowest BCUT2D eigenvalue weighted by Gasteiger charge is -2.20. The van der Waals surface area contributed by atoms with Crippen molar-refractivity contribution < 1.29 is 4.74 Å². The Hall–Kier alpha value is -2.93. The summed E-state index contributed by atoms with van der Waals surface area (Å²) in [5.41, 5.74) is 1.33. The monoisotopic (exact) mass is 393 g/mol. The summed E-state index contributed by atoms with van der Waals surface area (Å²) in [4.78, 5) is 31.4. The van der Waals surface area contributed by atoms with Crippen LogP contribution in [0.4, 0.5) is 0 Å². The Bertz CT molecular complexity index is 1300. The van der Waals surface area contributed by atoms with Crippen LogP contribution in [0.15, 0.2) is 50.8 Å². The normalized spacial score (nSPS) is 14.9. The van der Waals surface area contributed by atoms with Gasteiger partial charge in [0.2, 0.25) is 0 Å². The quantitative estimate of drug-likeness (QED) is 0.496. The molecule has 3 aromatic heterocycles. The first-order valence-corrected chi connectivity index (χ1v) is 10.3. The molecule has 3 heterocycles. The van der Waals surface area contributed by atoms with Crippen LogP contribution >= 0.6 is 11.3 Å². The number of para-hydroxylation sites is 1. The van der Waals surface area contributed by atoms with Crippen molar-refractivity contribution >= 4 is 33.1 Å². The van der Waals surface area contributed by atoms with Gasteiger partial charge in [0.05, 0.1) is 23.7 Å². The van der Waals surface area contributed by atoms with Crippen LogP contribution < -0.4 is 16.0 Å². The van der Waals surface area contributed by atoms with Crippen molar-refractivity contribution in [2.45, 2.75) is 31.7 Å². The van der Waals surface area contributed by atoms with E-state index >= 15 is 0 Å². The predicted octanol–water partition coefficient (Wildman–Crippen LogP) is 3.89. The first kappa shape index (κ1) is 17.2. The van der Waals surface area contributed by atoms with Gasteiger partial charge < -0.3 is 4.74 Å². The van der Waals surface area contributed by atoms with Gasteiger partial charge in [-0.25, -0.2) is 9.36 Å². The van der Waals surface area contributed by atoms with E-state index in [0.29, 0.717) is 27.9 Å². The minimum absolute atomic E-state index is 0.0808. The first-order chi connectivity index (χ1) is 13.7. The summed E-state index contributed by atoms with van der Waals surface area (Å²) in [6, 6.07) is 7.50. The number of fused-ring (bicyclic) bond motifs is 3. The van der Waals surface area contributed by atoms with Crippen LogP contribution in [0.3, 0.4) is 0 Å². The smallest absolute Gasteiger partial charge is 0.336 e. The van der Waals surface area contributed by atoms with Crippen molar-refractivity contribution in [2.75, 3.05) is 7.11 Å². The third-order valence-corrected chi connectivity index (χ3v) is 6.25. The molecule has 1 saturated carbocycles. The lowest BCUT2D eigenvalue weighted by molar-refractivity contribution is 0.419. The van der Waals surface area contributed by atoms with Gasteiger partial charge in [-0.15, -0.1) is 0 Å². The van der Waals surface area contributed by atoms with Gasteiger partial charge >= 0.3 is 5.69 Å². The Morgan fingerprint density at radius 3 is 2.68 bits per heavy atom. The lowest BCUT2D eigenvalue weighted by atomic mass is 10.1. The molecule has 0 radical (unpaired) electrons. The molecule has 28 heavy (non-hydrogen) atoms. The van der Waals surface area contributed by atoms with E-state index in [0.717, 1.165) is 31.1 Å². The Kier molecular flexibility index (Phi) is 4.05. The standard InChI is InChI=1S/C21H19N3O3S/c1-27-17-8-4-7-15-18(17)22-11-16-19(15)23(13-5-2-3-6-13)21(26)24(20(16)25)14-9-10-28-12-14/h4,7-13H,2-3,5-6H2,1H3. The van der Waals surface area contributed by atoms with Crippen LogP contribution in [0.25, 0.3) is 27.5 Å². The second-order valence-electron chi connectivity index (χ2n) is 7.09. The molecule has 6 nitrogen and oxygen atoms in total. The van der Waals surface area contributed by atoms with Gasteiger partial charge in [0.25, 0.3) is 5.56 Å². The van der Waals surface area contributed by atoms with E-state index in [2.05, 4.69) is 4.98 Å². The number of ether oxygens (including phenoxy) is 1. The second-order valence-corrected chi connectivity index (χ2v) is 7.87. The molecule has 0 atom stereocenters. The predicted molar refractivity (Wildman–Crippen MR) is 111 cm³/mol. The molecule has 142 valence electrons. The summed E-state index contributed by atoms with van der Waals surface area (Å²) in [7, 11) is 1.60. The minimum atomic E-state index is -0.329. The molecule has 0 spiro atoms. The topological polar surface area (TPSA) is 66.1 Å². The number of hydrogen-bond acceptors (Lipinski definition) is 5. The maximum absolute atomic E-state index is 13.6. The molecule has 4 aromatic rings. The fourth-order valence-electron chi connectivity index (χ4n) is 4.29. The van der Waals surface area contributed by atoms with E-state index in [9.17, 15) is 9.59 Å². The summed E-state index contributed by atoms with van der Waals surface area (Å²) in [5, 5.41) is 4.92. The van der Waals surface area contributed by atoms with Gasteiger partial charge in [-0.2, -0.15) is 11.3 Å². The summed E-state index contributed by atoms with van der Waals surface area (Å²) < 4.78 is 8.56. The van der Waals surface area contributed by atoms with Gasteiger partial charge in [0, 0.05) is 23.0 Å². The Morgan fingerprint density at radius 1 is 1.14 bits per heavy atom. The van der Waals surface area contributed by atoms with E-state index in [4.69, 9.17) is 4.74 Å². The highest BCUT2D eigenvalue weighted by atomic mass is 32.1. The summed E-state index contributed by atoms with van der Waals surface area (Å²) in [5.74, 6) is 0.631. The second kappa shape index (κ2) is 6.60. The molecule has 0 amide bonds. The minimum Gasteiger partial charge on any atom is -0.494 e. The number of nitrogens with zero attached hydrogens (tertiary/aromatic N) is 3. The average molecular weight is 393 g/mol.